The second-order valence-corrected chi connectivity index (χ2v) is 4.07. The summed E-state index contributed by atoms with van der Waals surface area (Å²) >= 11 is 4.27. The van der Waals surface area contributed by atoms with E-state index in [9.17, 15) is 0 Å². The van der Waals surface area contributed by atoms with Gasteiger partial charge in [0.25, 0.3) is 0 Å². The molecule has 0 amide bonds. The van der Waals surface area contributed by atoms with Gasteiger partial charge in [-0.15, -0.1) is 12.6 Å². The largest absolute Gasteiger partial charge is 0.488 e. The van der Waals surface area contributed by atoms with Gasteiger partial charge in [-0.3, -0.25) is 0 Å². The second kappa shape index (κ2) is 4.74. The Labute approximate surface area is 100 Å². The number of thiol groups is 1. The lowest BCUT2D eigenvalue weighted by atomic mass is 9.79. The minimum Gasteiger partial charge on any atom is -0.423 e. The predicted molar refractivity (Wildman–Crippen MR) is 69.0 cm³/mol. The highest BCUT2D eigenvalue weighted by atomic mass is 32.1. The summed E-state index contributed by atoms with van der Waals surface area (Å²) < 4.78 is 0. The van der Waals surface area contributed by atoms with E-state index in [4.69, 9.17) is 10.0 Å². The van der Waals surface area contributed by atoms with Gasteiger partial charge < -0.3 is 10.0 Å². The third-order valence-electron chi connectivity index (χ3n) is 2.36. The average molecular weight is 230 g/mol. The first-order chi connectivity index (χ1) is 7.66. The van der Waals surface area contributed by atoms with E-state index >= 15 is 0 Å². The van der Waals surface area contributed by atoms with Gasteiger partial charge in [0.05, 0.1) is 0 Å². The minimum atomic E-state index is -1.43. The molecular weight excluding hydrogens is 219 g/mol. The Bertz CT molecular complexity index is 500. The molecular formula is C12H11BO2S. The maximum absolute atomic E-state index is 9.09. The summed E-state index contributed by atoms with van der Waals surface area (Å²) in [6, 6.07) is 14.9. The molecule has 2 aromatic carbocycles. The molecule has 0 aromatic heterocycles. The summed E-state index contributed by atoms with van der Waals surface area (Å²) in [4.78, 5) is 0.882. The lowest BCUT2D eigenvalue weighted by Crippen LogP contribution is -2.29. The molecule has 0 radical (unpaired) electrons. The number of benzene rings is 2. The van der Waals surface area contributed by atoms with Crippen molar-refractivity contribution in [3.63, 3.8) is 0 Å². The van der Waals surface area contributed by atoms with Crippen molar-refractivity contribution in [2.24, 2.45) is 0 Å². The van der Waals surface area contributed by atoms with Crippen LogP contribution in [0.2, 0.25) is 0 Å². The maximum Gasteiger partial charge on any atom is 0.488 e. The summed E-state index contributed by atoms with van der Waals surface area (Å²) in [5.74, 6) is 0. The molecule has 0 spiro atoms. The normalized spacial score (nSPS) is 10.2. The van der Waals surface area contributed by atoms with Crippen molar-refractivity contribution in [1.82, 2.24) is 0 Å². The number of hydrogen-bond acceptors (Lipinski definition) is 3. The van der Waals surface area contributed by atoms with Crippen LogP contribution in [0.15, 0.2) is 53.4 Å². The van der Waals surface area contributed by atoms with Crippen LogP contribution in [0.25, 0.3) is 11.1 Å². The zero-order valence-corrected chi connectivity index (χ0v) is 9.43. The van der Waals surface area contributed by atoms with Crippen LogP contribution in [0.1, 0.15) is 0 Å². The molecule has 16 heavy (non-hydrogen) atoms. The first kappa shape index (κ1) is 11.3. The van der Waals surface area contributed by atoms with Crippen LogP contribution in [0, 0.1) is 0 Å². The average Bonchev–Trinajstić information content (AvgIpc) is 2.29. The van der Waals surface area contributed by atoms with Crippen molar-refractivity contribution in [2.45, 2.75) is 4.90 Å². The molecule has 0 fully saturated rings. The van der Waals surface area contributed by atoms with Gasteiger partial charge in [-0.2, -0.15) is 0 Å². The van der Waals surface area contributed by atoms with Gasteiger partial charge in [0, 0.05) is 4.90 Å². The molecule has 0 saturated heterocycles. The molecule has 0 atom stereocenters. The van der Waals surface area contributed by atoms with E-state index in [1.807, 2.05) is 30.3 Å². The van der Waals surface area contributed by atoms with Gasteiger partial charge in [0.15, 0.2) is 0 Å². The standard InChI is InChI=1S/C12H11BO2S/c14-13(15)11-5-1-3-9(7-11)10-4-2-6-12(16)8-10/h1-8,14-16H. The Hall–Kier alpha value is -1.23. The molecule has 4 heteroatoms. The maximum atomic E-state index is 9.09. The quantitative estimate of drug-likeness (QED) is 0.538. The van der Waals surface area contributed by atoms with Crippen LogP contribution in [-0.2, 0) is 0 Å². The van der Waals surface area contributed by atoms with E-state index in [-0.39, 0.29) is 0 Å². The minimum absolute atomic E-state index is 0.488. The topological polar surface area (TPSA) is 40.5 Å². The zero-order valence-electron chi connectivity index (χ0n) is 8.54. The van der Waals surface area contributed by atoms with E-state index in [1.54, 1.807) is 18.2 Å². The number of hydrogen-bond donors (Lipinski definition) is 3. The Morgan fingerprint density at radius 2 is 1.50 bits per heavy atom. The SMILES string of the molecule is OB(O)c1cccc(-c2cccc(S)c2)c1. The van der Waals surface area contributed by atoms with Gasteiger partial charge in [-0.05, 0) is 28.7 Å². The van der Waals surface area contributed by atoms with E-state index < -0.39 is 7.12 Å². The summed E-state index contributed by atoms with van der Waals surface area (Å²) in [5.41, 5.74) is 2.44. The summed E-state index contributed by atoms with van der Waals surface area (Å²) in [5, 5.41) is 18.2. The molecule has 2 nitrogen and oxygen atoms in total. The number of rotatable bonds is 2. The van der Waals surface area contributed by atoms with Crippen LogP contribution in [0.5, 0.6) is 0 Å². The Kier molecular flexibility index (Phi) is 3.34. The van der Waals surface area contributed by atoms with Crippen LogP contribution < -0.4 is 5.46 Å². The lowest BCUT2D eigenvalue weighted by Gasteiger charge is -2.05. The van der Waals surface area contributed by atoms with Gasteiger partial charge in [-0.1, -0.05) is 36.4 Å². The molecule has 2 N–H and O–H groups in total. The van der Waals surface area contributed by atoms with Gasteiger partial charge in [0.2, 0.25) is 0 Å². The van der Waals surface area contributed by atoms with Gasteiger partial charge in [-0.25, -0.2) is 0 Å². The Morgan fingerprint density at radius 3 is 2.12 bits per heavy atom. The predicted octanol–water partition coefficient (Wildman–Crippen LogP) is 1.32. The highest BCUT2D eigenvalue weighted by molar-refractivity contribution is 7.80. The second-order valence-electron chi connectivity index (χ2n) is 3.55. The van der Waals surface area contributed by atoms with Crippen molar-refractivity contribution in [2.75, 3.05) is 0 Å². The molecule has 0 unspecified atom stereocenters. The third-order valence-corrected chi connectivity index (χ3v) is 2.64. The first-order valence-corrected chi connectivity index (χ1v) is 5.37. The van der Waals surface area contributed by atoms with Crippen LogP contribution in [0.4, 0.5) is 0 Å². The molecule has 2 rings (SSSR count). The van der Waals surface area contributed by atoms with Crippen LogP contribution in [0.3, 0.4) is 0 Å². The molecule has 0 heterocycles. The van der Waals surface area contributed by atoms with Gasteiger partial charge in [0.1, 0.15) is 0 Å². The Balaban J connectivity index is 2.44. The van der Waals surface area contributed by atoms with Crippen molar-refractivity contribution in [3.8, 4) is 11.1 Å². The van der Waals surface area contributed by atoms with Gasteiger partial charge >= 0.3 is 7.12 Å². The van der Waals surface area contributed by atoms with Crippen molar-refractivity contribution in [1.29, 1.82) is 0 Å². The Morgan fingerprint density at radius 1 is 0.875 bits per heavy atom. The van der Waals surface area contributed by atoms with E-state index in [2.05, 4.69) is 12.6 Å². The summed E-state index contributed by atoms with van der Waals surface area (Å²) in [7, 11) is -1.43. The molecule has 0 aliphatic carbocycles. The van der Waals surface area contributed by atoms with Crippen LogP contribution in [-0.4, -0.2) is 17.2 Å². The lowest BCUT2D eigenvalue weighted by molar-refractivity contribution is 0.426. The highest BCUT2D eigenvalue weighted by Crippen LogP contribution is 2.20. The van der Waals surface area contributed by atoms with E-state index in [0.717, 1.165) is 16.0 Å². The highest BCUT2D eigenvalue weighted by Gasteiger charge is 2.11. The summed E-state index contributed by atoms with van der Waals surface area (Å²) in [6.45, 7) is 0. The van der Waals surface area contributed by atoms with Crippen molar-refractivity contribution < 1.29 is 10.0 Å². The fourth-order valence-electron chi connectivity index (χ4n) is 1.56. The third kappa shape index (κ3) is 2.47. The fraction of sp³-hybridized carbons (Fsp3) is 0. The first-order valence-electron chi connectivity index (χ1n) is 4.92. The van der Waals surface area contributed by atoms with Crippen molar-refractivity contribution >= 4 is 25.2 Å². The van der Waals surface area contributed by atoms with E-state index in [1.165, 1.54) is 0 Å². The van der Waals surface area contributed by atoms with Crippen LogP contribution >= 0.6 is 12.6 Å². The smallest absolute Gasteiger partial charge is 0.423 e. The monoisotopic (exact) mass is 230 g/mol. The van der Waals surface area contributed by atoms with Crippen molar-refractivity contribution in [3.05, 3.63) is 48.5 Å². The molecule has 0 bridgehead atoms. The molecule has 0 aliphatic rings. The summed E-state index contributed by atoms with van der Waals surface area (Å²) in [6.07, 6.45) is 0. The molecule has 2 aromatic rings. The molecule has 0 aliphatic heterocycles. The fourth-order valence-corrected chi connectivity index (χ4v) is 1.79. The zero-order chi connectivity index (χ0) is 11.5. The molecule has 80 valence electrons. The molecule has 0 saturated carbocycles. The van der Waals surface area contributed by atoms with E-state index in [0.29, 0.717) is 5.46 Å².